The Bertz CT molecular complexity index is 879. The molecule has 2 heterocycles. The molecule has 3 nitrogen and oxygen atoms in total. The van der Waals surface area contributed by atoms with Crippen molar-refractivity contribution in [1.82, 2.24) is 15.0 Å². The molecule has 0 atom stereocenters. The van der Waals surface area contributed by atoms with Crippen LogP contribution in [0.15, 0.2) is 58.4 Å². The van der Waals surface area contributed by atoms with Gasteiger partial charge in [0.15, 0.2) is 10.8 Å². The zero-order chi connectivity index (χ0) is 14.2. The molecule has 2 aromatic carbocycles. The fourth-order valence-corrected chi connectivity index (χ4v) is 3.77. The molecule has 5 heteroatoms. The molecule has 0 aliphatic carbocycles. The first kappa shape index (κ1) is 12.7. The van der Waals surface area contributed by atoms with Crippen LogP contribution in [0, 0.1) is 0 Å². The number of halogens is 1. The Hall–Kier alpha value is -1.98. The van der Waals surface area contributed by atoms with E-state index in [0.717, 1.165) is 36.9 Å². The van der Waals surface area contributed by atoms with Crippen LogP contribution in [0.3, 0.4) is 0 Å². The third kappa shape index (κ3) is 2.28. The van der Waals surface area contributed by atoms with Crippen LogP contribution in [0.1, 0.15) is 0 Å². The third-order valence-corrected chi connectivity index (χ3v) is 4.94. The van der Waals surface area contributed by atoms with Gasteiger partial charge in [0.2, 0.25) is 0 Å². The molecule has 4 rings (SSSR count). The van der Waals surface area contributed by atoms with Crippen molar-refractivity contribution in [3.63, 3.8) is 0 Å². The van der Waals surface area contributed by atoms with Gasteiger partial charge in [-0.15, -0.1) is 11.3 Å². The van der Waals surface area contributed by atoms with Gasteiger partial charge in [-0.3, -0.25) is 0 Å². The summed E-state index contributed by atoms with van der Waals surface area (Å²) in [5.74, 6) is 0.809. The van der Waals surface area contributed by atoms with Gasteiger partial charge in [-0.05, 0) is 28.1 Å². The summed E-state index contributed by atoms with van der Waals surface area (Å²) in [4.78, 5) is 12.6. The van der Waals surface area contributed by atoms with E-state index >= 15 is 0 Å². The average molecular weight is 356 g/mol. The van der Waals surface area contributed by atoms with Crippen molar-refractivity contribution in [1.29, 1.82) is 0 Å². The molecular formula is C16H10BrN3S. The standard InChI is InChI=1S/C16H10BrN3S/c17-14-13(10-6-2-1-3-7-10)20-16(21-14)15-18-11-8-4-5-9-12(11)19-15/h1-9H,(H,18,19). The SMILES string of the molecule is Brc1sc(-c2nc3ccccc3[nH]2)nc1-c1ccccc1. The van der Waals surface area contributed by atoms with Crippen LogP contribution in [-0.2, 0) is 0 Å². The second-order valence-corrected chi connectivity index (χ2v) is 6.93. The van der Waals surface area contributed by atoms with Crippen molar-refractivity contribution in [3.8, 4) is 22.1 Å². The molecule has 0 aliphatic rings. The van der Waals surface area contributed by atoms with E-state index in [2.05, 4.69) is 38.0 Å². The normalized spacial score (nSPS) is 11.1. The molecule has 0 amide bonds. The Morgan fingerprint density at radius 1 is 0.905 bits per heavy atom. The molecule has 0 aliphatic heterocycles. The van der Waals surface area contributed by atoms with Crippen LogP contribution < -0.4 is 0 Å². The van der Waals surface area contributed by atoms with E-state index in [4.69, 9.17) is 4.98 Å². The number of aromatic amines is 1. The van der Waals surface area contributed by atoms with Crippen LogP contribution in [0.25, 0.3) is 33.1 Å². The monoisotopic (exact) mass is 355 g/mol. The van der Waals surface area contributed by atoms with Gasteiger partial charge in [0.1, 0.15) is 0 Å². The van der Waals surface area contributed by atoms with E-state index < -0.39 is 0 Å². The number of rotatable bonds is 2. The van der Waals surface area contributed by atoms with Crippen molar-refractivity contribution in [2.24, 2.45) is 0 Å². The van der Waals surface area contributed by atoms with Crippen molar-refractivity contribution >= 4 is 38.3 Å². The number of H-pyrrole nitrogens is 1. The number of hydrogen-bond donors (Lipinski definition) is 1. The maximum Gasteiger partial charge on any atom is 0.167 e. The van der Waals surface area contributed by atoms with E-state index in [9.17, 15) is 0 Å². The van der Waals surface area contributed by atoms with E-state index in [1.165, 1.54) is 0 Å². The first-order chi connectivity index (χ1) is 10.3. The lowest BCUT2D eigenvalue weighted by Gasteiger charge is -1.95. The summed E-state index contributed by atoms with van der Waals surface area (Å²) in [6.07, 6.45) is 0. The predicted molar refractivity (Wildman–Crippen MR) is 90.3 cm³/mol. The number of nitrogens with zero attached hydrogens (tertiary/aromatic N) is 2. The first-order valence-electron chi connectivity index (χ1n) is 6.48. The van der Waals surface area contributed by atoms with Crippen LogP contribution in [0.5, 0.6) is 0 Å². The summed E-state index contributed by atoms with van der Waals surface area (Å²) >= 11 is 5.20. The van der Waals surface area contributed by atoms with Crippen molar-refractivity contribution in [2.75, 3.05) is 0 Å². The number of benzene rings is 2. The fraction of sp³-hybridized carbons (Fsp3) is 0. The first-order valence-corrected chi connectivity index (χ1v) is 8.09. The highest BCUT2D eigenvalue weighted by molar-refractivity contribution is 9.11. The summed E-state index contributed by atoms with van der Waals surface area (Å²) in [5, 5.41) is 0.886. The Kier molecular flexibility index (Phi) is 3.09. The average Bonchev–Trinajstić information content (AvgIpc) is 3.11. The lowest BCUT2D eigenvalue weighted by atomic mass is 10.2. The molecule has 2 aromatic heterocycles. The van der Waals surface area contributed by atoms with Crippen LogP contribution in [0.2, 0.25) is 0 Å². The number of hydrogen-bond acceptors (Lipinski definition) is 3. The van der Waals surface area contributed by atoms with Gasteiger partial charge in [-0.1, -0.05) is 42.5 Å². The Balaban J connectivity index is 1.83. The molecule has 0 saturated carbocycles. The minimum Gasteiger partial charge on any atom is -0.336 e. The molecule has 0 unspecified atom stereocenters. The van der Waals surface area contributed by atoms with Gasteiger partial charge in [0, 0.05) is 5.56 Å². The number of imidazole rings is 1. The quantitative estimate of drug-likeness (QED) is 0.542. The molecule has 102 valence electrons. The minimum absolute atomic E-state index is 0.809. The van der Waals surface area contributed by atoms with Crippen LogP contribution in [0.4, 0.5) is 0 Å². The van der Waals surface area contributed by atoms with Gasteiger partial charge in [0.25, 0.3) is 0 Å². The lowest BCUT2D eigenvalue weighted by Crippen LogP contribution is -1.81. The van der Waals surface area contributed by atoms with Crippen LogP contribution >= 0.6 is 27.3 Å². The summed E-state index contributed by atoms with van der Waals surface area (Å²) in [5.41, 5.74) is 4.04. The fourth-order valence-electron chi connectivity index (χ4n) is 2.23. The third-order valence-electron chi connectivity index (χ3n) is 3.22. The van der Waals surface area contributed by atoms with Crippen molar-refractivity contribution in [2.45, 2.75) is 0 Å². The summed E-state index contributed by atoms with van der Waals surface area (Å²) in [7, 11) is 0. The number of nitrogens with one attached hydrogen (secondary N) is 1. The molecule has 0 saturated heterocycles. The van der Waals surface area contributed by atoms with E-state index in [1.807, 2.05) is 42.5 Å². The second-order valence-electron chi connectivity index (χ2n) is 4.61. The second kappa shape index (κ2) is 5.09. The predicted octanol–water partition coefficient (Wildman–Crippen LogP) is 5.12. The molecule has 1 N–H and O–H groups in total. The zero-order valence-corrected chi connectivity index (χ0v) is 13.3. The van der Waals surface area contributed by atoms with Crippen molar-refractivity contribution in [3.05, 3.63) is 58.4 Å². The molecule has 0 fully saturated rings. The van der Waals surface area contributed by atoms with Crippen LogP contribution in [-0.4, -0.2) is 15.0 Å². The van der Waals surface area contributed by atoms with Crippen molar-refractivity contribution < 1.29 is 0 Å². The maximum absolute atomic E-state index is 4.72. The van der Waals surface area contributed by atoms with Gasteiger partial charge in [-0.25, -0.2) is 9.97 Å². The minimum atomic E-state index is 0.809. The number of para-hydroxylation sites is 2. The largest absolute Gasteiger partial charge is 0.336 e. The number of thiazole rings is 1. The van der Waals surface area contributed by atoms with Gasteiger partial charge in [-0.2, -0.15) is 0 Å². The molecule has 4 aromatic rings. The highest BCUT2D eigenvalue weighted by atomic mass is 79.9. The summed E-state index contributed by atoms with van der Waals surface area (Å²) < 4.78 is 1.02. The Morgan fingerprint density at radius 3 is 2.48 bits per heavy atom. The van der Waals surface area contributed by atoms with E-state index in [-0.39, 0.29) is 0 Å². The van der Waals surface area contributed by atoms with Gasteiger partial charge in [0.05, 0.1) is 20.5 Å². The summed E-state index contributed by atoms with van der Waals surface area (Å²) in [6, 6.07) is 18.2. The number of fused-ring (bicyclic) bond motifs is 1. The number of aromatic nitrogens is 3. The topological polar surface area (TPSA) is 41.6 Å². The molecule has 0 bridgehead atoms. The lowest BCUT2D eigenvalue weighted by molar-refractivity contribution is 1.29. The van der Waals surface area contributed by atoms with E-state index in [0.29, 0.717) is 0 Å². The molecule has 21 heavy (non-hydrogen) atoms. The van der Waals surface area contributed by atoms with E-state index in [1.54, 1.807) is 11.3 Å². The maximum atomic E-state index is 4.72. The molecular weight excluding hydrogens is 346 g/mol. The molecule has 0 radical (unpaired) electrons. The highest BCUT2D eigenvalue weighted by Crippen LogP contribution is 2.36. The van der Waals surface area contributed by atoms with Gasteiger partial charge < -0.3 is 4.98 Å². The van der Waals surface area contributed by atoms with Gasteiger partial charge >= 0.3 is 0 Å². The molecule has 0 spiro atoms. The zero-order valence-electron chi connectivity index (χ0n) is 10.9. The summed E-state index contributed by atoms with van der Waals surface area (Å²) in [6.45, 7) is 0. The highest BCUT2D eigenvalue weighted by Gasteiger charge is 2.14. The Labute approximate surface area is 133 Å². The smallest absolute Gasteiger partial charge is 0.167 e. The Morgan fingerprint density at radius 2 is 1.67 bits per heavy atom.